The van der Waals surface area contributed by atoms with Crippen LogP contribution in [0.25, 0.3) is 22.2 Å². The number of carbonyl (C=O) groups excluding carboxylic acids is 1. The Bertz CT molecular complexity index is 1260. The number of aromatic amines is 1. The topological polar surface area (TPSA) is 70.7 Å². The van der Waals surface area contributed by atoms with E-state index in [9.17, 15) is 4.79 Å². The van der Waals surface area contributed by atoms with Gasteiger partial charge >= 0.3 is 0 Å². The molecule has 164 valence electrons. The van der Waals surface area contributed by atoms with Gasteiger partial charge < -0.3 is 5.32 Å². The van der Waals surface area contributed by atoms with Crippen LogP contribution in [0.1, 0.15) is 50.2 Å². The first-order chi connectivity index (χ1) is 15.3. The van der Waals surface area contributed by atoms with E-state index in [1.165, 1.54) is 0 Å². The van der Waals surface area contributed by atoms with Crippen molar-refractivity contribution in [1.82, 2.24) is 15.2 Å². The maximum atomic E-state index is 12.5. The lowest BCUT2D eigenvalue weighted by Crippen LogP contribution is -2.15. The van der Waals surface area contributed by atoms with Gasteiger partial charge in [-0.2, -0.15) is 5.10 Å². The molecule has 5 heteroatoms. The van der Waals surface area contributed by atoms with Crippen LogP contribution in [-0.2, 0) is 23.1 Å². The van der Waals surface area contributed by atoms with E-state index in [0.717, 1.165) is 56.8 Å². The molecule has 0 radical (unpaired) electrons. The third-order valence-electron chi connectivity index (χ3n) is 5.81. The molecule has 0 aliphatic rings. The van der Waals surface area contributed by atoms with Crippen LogP contribution in [-0.4, -0.2) is 21.1 Å². The molecule has 2 aromatic heterocycles. The van der Waals surface area contributed by atoms with E-state index >= 15 is 0 Å². The van der Waals surface area contributed by atoms with Crippen molar-refractivity contribution in [3.05, 3.63) is 77.1 Å². The molecule has 0 bridgehead atoms. The second-order valence-electron chi connectivity index (χ2n) is 9.29. The van der Waals surface area contributed by atoms with Crippen molar-refractivity contribution in [1.29, 1.82) is 0 Å². The molecule has 2 aromatic carbocycles. The van der Waals surface area contributed by atoms with Gasteiger partial charge in [0.25, 0.3) is 0 Å². The third kappa shape index (κ3) is 4.42. The highest BCUT2D eigenvalue weighted by atomic mass is 16.1. The standard InChI is InChI=1S/C27H30N4O/c1-6-22-25-21(16-23(27(3,4)5)29-26(25)31-30-22)18-11-13-20(14-12-18)28-24(32)15-19-10-8-7-9-17(19)2/h7-14,16H,6,15H2,1-5H3,(H,28,32)(H,29,30,31). The zero-order valence-electron chi connectivity index (χ0n) is 19.4. The second kappa shape index (κ2) is 8.58. The summed E-state index contributed by atoms with van der Waals surface area (Å²) in [7, 11) is 0. The number of nitrogens with zero attached hydrogens (tertiary/aromatic N) is 2. The summed E-state index contributed by atoms with van der Waals surface area (Å²) in [6.07, 6.45) is 1.22. The lowest BCUT2D eigenvalue weighted by atomic mass is 9.88. The molecule has 5 nitrogen and oxygen atoms in total. The molecule has 32 heavy (non-hydrogen) atoms. The van der Waals surface area contributed by atoms with E-state index in [0.29, 0.717) is 6.42 Å². The van der Waals surface area contributed by atoms with Crippen LogP contribution in [0.5, 0.6) is 0 Å². The largest absolute Gasteiger partial charge is 0.326 e. The van der Waals surface area contributed by atoms with Crippen LogP contribution >= 0.6 is 0 Å². The number of nitrogens with one attached hydrogen (secondary N) is 2. The van der Waals surface area contributed by atoms with Crippen molar-refractivity contribution < 1.29 is 4.79 Å². The quantitative estimate of drug-likeness (QED) is 0.413. The lowest BCUT2D eigenvalue weighted by Gasteiger charge is -2.19. The summed E-state index contributed by atoms with van der Waals surface area (Å²) in [5.74, 6) is -0.0172. The average molecular weight is 427 g/mol. The van der Waals surface area contributed by atoms with Gasteiger partial charge in [-0.1, -0.05) is 64.1 Å². The molecular weight excluding hydrogens is 396 g/mol. The fraction of sp³-hybridized carbons (Fsp3) is 0.296. The predicted octanol–water partition coefficient (Wildman–Crippen LogP) is 5.97. The van der Waals surface area contributed by atoms with E-state index in [4.69, 9.17) is 4.98 Å². The first kappa shape index (κ1) is 21.8. The van der Waals surface area contributed by atoms with Gasteiger partial charge in [-0.3, -0.25) is 9.89 Å². The molecule has 0 aliphatic heterocycles. The first-order valence-electron chi connectivity index (χ1n) is 11.1. The Kier molecular flexibility index (Phi) is 5.83. The van der Waals surface area contributed by atoms with Crippen molar-refractivity contribution in [3.63, 3.8) is 0 Å². The summed E-state index contributed by atoms with van der Waals surface area (Å²) >= 11 is 0. The fourth-order valence-electron chi connectivity index (χ4n) is 3.87. The van der Waals surface area contributed by atoms with Crippen molar-refractivity contribution >= 4 is 22.6 Å². The summed E-state index contributed by atoms with van der Waals surface area (Å²) < 4.78 is 0. The number of H-pyrrole nitrogens is 1. The number of pyridine rings is 1. The molecule has 0 fully saturated rings. The van der Waals surface area contributed by atoms with E-state index in [-0.39, 0.29) is 11.3 Å². The van der Waals surface area contributed by atoms with Crippen LogP contribution in [0.15, 0.2) is 54.6 Å². The summed E-state index contributed by atoms with van der Waals surface area (Å²) in [4.78, 5) is 17.3. The van der Waals surface area contributed by atoms with Crippen LogP contribution in [0, 0.1) is 6.92 Å². The van der Waals surface area contributed by atoms with Crippen LogP contribution in [0.4, 0.5) is 5.69 Å². The number of amides is 1. The van der Waals surface area contributed by atoms with Crippen molar-refractivity contribution in [2.24, 2.45) is 0 Å². The third-order valence-corrected chi connectivity index (χ3v) is 5.81. The van der Waals surface area contributed by atoms with Gasteiger partial charge in [0.15, 0.2) is 5.65 Å². The summed E-state index contributed by atoms with van der Waals surface area (Å²) in [5, 5.41) is 11.7. The molecule has 2 N–H and O–H groups in total. The molecule has 1 amide bonds. The molecule has 0 spiro atoms. The minimum absolute atomic E-state index is 0.0172. The Morgan fingerprint density at radius 2 is 1.78 bits per heavy atom. The van der Waals surface area contributed by atoms with Gasteiger partial charge in [-0.05, 0) is 53.8 Å². The van der Waals surface area contributed by atoms with Gasteiger partial charge in [0, 0.05) is 27.9 Å². The Morgan fingerprint density at radius 3 is 2.44 bits per heavy atom. The van der Waals surface area contributed by atoms with Gasteiger partial charge in [0.05, 0.1) is 6.42 Å². The highest BCUT2D eigenvalue weighted by molar-refractivity contribution is 5.96. The monoisotopic (exact) mass is 426 g/mol. The average Bonchev–Trinajstić information content (AvgIpc) is 3.18. The first-order valence-corrected chi connectivity index (χ1v) is 11.1. The Labute approximate surface area is 189 Å². The maximum Gasteiger partial charge on any atom is 0.228 e. The second-order valence-corrected chi connectivity index (χ2v) is 9.29. The molecular formula is C27H30N4O. The number of anilines is 1. The molecule has 4 rings (SSSR count). The van der Waals surface area contributed by atoms with E-state index in [1.807, 2.05) is 43.3 Å². The molecule has 2 heterocycles. The summed E-state index contributed by atoms with van der Waals surface area (Å²) in [6.45, 7) is 10.6. The smallest absolute Gasteiger partial charge is 0.228 e. The lowest BCUT2D eigenvalue weighted by molar-refractivity contribution is -0.115. The highest BCUT2D eigenvalue weighted by Crippen LogP contribution is 2.34. The van der Waals surface area contributed by atoms with E-state index < -0.39 is 0 Å². The summed E-state index contributed by atoms with van der Waals surface area (Å²) in [6, 6.07) is 18.2. The Hall–Kier alpha value is -3.47. The minimum atomic E-state index is -0.0856. The molecule has 4 aromatic rings. The molecule has 0 aliphatic carbocycles. The van der Waals surface area contributed by atoms with Crippen LogP contribution in [0.2, 0.25) is 0 Å². The minimum Gasteiger partial charge on any atom is -0.326 e. The van der Waals surface area contributed by atoms with Gasteiger partial charge in [-0.15, -0.1) is 0 Å². The number of aryl methyl sites for hydroxylation is 2. The van der Waals surface area contributed by atoms with Crippen molar-refractivity contribution in [3.8, 4) is 11.1 Å². The van der Waals surface area contributed by atoms with Gasteiger partial charge in [0.2, 0.25) is 5.91 Å². The molecule has 0 saturated carbocycles. The number of rotatable bonds is 5. The van der Waals surface area contributed by atoms with Gasteiger partial charge in [-0.25, -0.2) is 4.98 Å². The van der Waals surface area contributed by atoms with Gasteiger partial charge in [0.1, 0.15) is 0 Å². The molecule has 0 atom stereocenters. The molecule has 0 unspecified atom stereocenters. The summed E-state index contributed by atoms with van der Waals surface area (Å²) in [5.41, 5.74) is 7.90. The number of fused-ring (bicyclic) bond motifs is 1. The number of benzene rings is 2. The number of hydrogen-bond acceptors (Lipinski definition) is 3. The zero-order chi connectivity index (χ0) is 22.9. The number of carbonyl (C=O) groups is 1. The number of hydrogen-bond donors (Lipinski definition) is 2. The van der Waals surface area contributed by atoms with E-state index in [1.54, 1.807) is 0 Å². The normalized spacial score (nSPS) is 11.7. The van der Waals surface area contributed by atoms with Crippen LogP contribution < -0.4 is 5.32 Å². The Morgan fingerprint density at radius 1 is 1.06 bits per heavy atom. The Balaban J connectivity index is 1.63. The predicted molar refractivity (Wildman–Crippen MR) is 131 cm³/mol. The highest BCUT2D eigenvalue weighted by Gasteiger charge is 2.21. The van der Waals surface area contributed by atoms with E-state index in [2.05, 4.69) is 61.4 Å². The number of aromatic nitrogens is 3. The SMILES string of the molecule is CCc1[nH]nc2nc(C(C)(C)C)cc(-c3ccc(NC(=O)Cc4ccccc4C)cc3)c12. The van der Waals surface area contributed by atoms with Crippen LogP contribution in [0.3, 0.4) is 0 Å². The molecule has 0 saturated heterocycles. The van der Waals surface area contributed by atoms with Crippen molar-refractivity contribution in [2.45, 2.75) is 52.9 Å². The fourth-order valence-corrected chi connectivity index (χ4v) is 3.87. The zero-order valence-corrected chi connectivity index (χ0v) is 19.4. The maximum absolute atomic E-state index is 12.5. The van der Waals surface area contributed by atoms with Crippen molar-refractivity contribution in [2.75, 3.05) is 5.32 Å².